The Morgan fingerprint density at radius 3 is 3.00 bits per heavy atom. The Morgan fingerprint density at radius 1 is 1.44 bits per heavy atom. The third-order valence-electron chi connectivity index (χ3n) is 5.54. The maximum Gasteiger partial charge on any atom is 0.219 e. The van der Waals surface area contributed by atoms with E-state index in [2.05, 4.69) is 28.4 Å². The summed E-state index contributed by atoms with van der Waals surface area (Å²) in [5, 5.41) is 0.464. The average molecular weight is 454 g/mol. The maximum absolute atomic E-state index is 11.7. The van der Waals surface area contributed by atoms with E-state index in [1.54, 1.807) is 19.3 Å². The molecule has 0 radical (unpaired) electrons. The minimum atomic E-state index is 0.134. The lowest BCUT2D eigenvalue weighted by Gasteiger charge is -2.26. The van der Waals surface area contributed by atoms with Crippen LogP contribution in [0.4, 0.5) is 5.82 Å². The molecule has 1 saturated heterocycles. The second-order valence-electron chi connectivity index (χ2n) is 7.70. The van der Waals surface area contributed by atoms with Crippen LogP contribution < -0.4 is 10.5 Å². The van der Waals surface area contributed by atoms with Crippen molar-refractivity contribution in [3.05, 3.63) is 54.1 Å². The van der Waals surface area contributed by atoms with Gasteiger partial charge in [-0.15, -0.1) is 0 Å². The summed E-state index contributed by atoms with van der Waals surface area (Å²) in [7, 11) is 0. The van der Waals surface area contributed by atoms with Crippen molar-refractivity contribution in [1.29, 1.82) is 0 Å². The lowest BCUT2D eigenvalue weighted by molar-refractivity contribution is -0.127. The lowest BCUT2D eigenvalue weighted by Crippen LogP contribution is -2.37. The van der Waals surface area contributed by atoms with Gasteiger partial charge in [0.15, 0.2) is 10.7 Å². The summed E-state index contributed by atoms with van der Waals surface area (Å²) >= 11 is 1.31. The molecule has 32 heavy (non-hydrogen) atoms. The number of thioether (sulfide) groups is 1. The normalized spacial score (nSPS) is 16.1. The number of rotatable bonds is 8. The van der Waals surface area contributed by atoms with Gasteiger partial charge in [0.25, 0.3) is 0 Å². The summed E-state index contributed by atoms with van der Waals surface area (Å²) in [6.45, 7) is 10.8. The van der Waals surface area contributed by atoms with Crippen molar-refractivity contribution in [2.75, 3.05) is 25.4 Å². The van der Waals surface area contributed by atoms with E-state index < -0.39 is 0 Å². The summed E-state index contributed by atoms with van der Waals surface area (Å²) < 4.78 is 11.9. The smallest absolute Gasteiger partial charge is 0.219 e. The Kier molecular flexibility index (Phi) is 6.66. The summed E-state index contributed by atoms with van der Waals surface area (Å²) in [5.74, 6) is 1.94. The Balaban J connectivity index is 1.42. The van der Waals surface area contributed by atoms with Gasteiger partial charge in [0.1, 0.15) is 22.8 Å². The van der Waals surface area contributed by atoms with E-state index in [0.717, 1.165) is 42.2 Å². The average Bonchev–Trinajstić information content (AvgIpc) is 3.40. The Bertz CT molecular complexity index is 1130. The van der Waals surface area contributed by atoms with E-state index >= 15 is 0 Å². The van der Waals surface area contributed by atoms with Crippen LogP contribution in [-0.2, 0) is 11.3 Å². The molecule has 0 aliphatic carbocycles. The van der Waals surface area contributed by atoms with Gasteiger partial charge in [0, 0.05) is 44.4 Å². The van der Waals surface area contributed by atoms with E-state index in [1.807, 2.05) is 29.2 Å². The number of furan rings is 1. The predicted octanol–water partition coefficient (Wildman–Crippen LogP) is 3.89. The molecule has 1 fully saturated rings. The fraction of sp³-hybridized carbons (Fsp3) is 0.348. The number of pyridine rings is 2. The molecule has 1 amide bonds. The zero-order valence-electron chi connectivity index (χ0n) is 18.3. The highest BCUT2D eigenvalue weighted by atomic mass is 32.2. The number of nitrogens with zero attached hydrogens (tertiary/aromatic N) is 4. The Labute approximate surface area is 191 Å². The number of carbonyl (C=O) groups excluding carboxylic acids is 1. The van der Waals surface area contributed by atoms with Crippen LogP contribution in [0.3, 0.4) is 0 Å². The van der Waals surface area contributed by atoms with Gasteiger partial charge in [-0.2, -0.15) is 0 Å². The third-order valence-corrected chi connectivity index (χ3v) is 6.42. The van der Waals surface area contributed by atoms with Gasteiger partial charge in [-0.1, -0.05) is 6.92 Å². The number of anilines is 1. The maximum atomic E-state index is 11.7. The number of nitrogens with two attached hydrogens (primary N) is 1. The summed E-state index contributed by atoms with van der Waals surface area (Å²) in [5.41, 5.74) is 7.31. The fourth-order valence-corrected chi connectivity index (χ4v) is 4.56. The van der Waals surface area contributed by atoms with Crippen LogP contribution in [0.15, 0.2) is 57.6 Å². The van der Waals surface area contributed by atoms with Crippen LogP contribution in [-0.4, -0.2) is 51.4 Å². The van der Waals surface area contributed by atoms with Crippen molar-refractivity contribution in [2.24, 2.45) is 0 Å². The van der Waals surface area contributed by atoms with E-state index in [0.29, 0.717) is 34.8 Å². The largest absolute Gasteiger partial charge is 0.458 e. The first-order chi connectivity index (χ1) is 15.4. The molecule has 4 rings (SSSR count). The van der Waals surface area contributed by atoms with Crippen molar-refractivity contribution < 1.29 is 13.9 Å². The topological polar surface area (TPSA) is 97.7 Å². The third kappa shape index (κ3) is 5.05. The lowest BCUT2D eigenvalue weighted by atomic mass is 10.2. The van der Waals surface area contributed by atoms with Gasteiger partial charge in [0.05, 0.1) is 17.6 Å². The monoisotopic (exact) mass is 453 g/mol. The van der Waals surface area contributed by atoms with Crippen LogP contribution in [0.25, 0.3) is 11.1 Å². The summed E-state index contributed by atoms with van der Waals surface area (Å²) in [4.78, 5) is 25.2. The first kappa shape index (κ1) is 22.2. The quantitative estimate of drug-likeness (QED) is 0.405. The van der Waals surface area contributed by atoms with Crippen molar-refractivity contribution in [2.45, 2.75) is 37.8 Å². The van der Waals surface area contributed by atoms with Crippen molar-refractivity contribution in [3.63, 3.8) is 0 Å². The SMILES string of the molecule is C=C(Oc1cnc2cc(CN(CC)C3CCN(C(C)=O)C3)oc2c1)Sc1cccnc1N. The molecule has 168 valence electrons. The van der Waals surface area contributed by atoms with E-state index in [9.17, 15) is 4.79 Å². The minimum Gasteiger partial charge on any atom is -0.458 e. The number of hydrogen-bond donors (Lipinski definition) is 1. The Morgan fingerprint density at radius 2 is 2.28 bits per heavy atom. The van der Waals surface area contributed by atoms with Gasteiger partial charge < -0.3 is 19.8 Å². The molecule has 0 bridgehead atoms. The minimum absolute atomic E-state index is 0.134. The molecule has 1 aliphatic heterocycles. The van der Waals surface area contributed by atoms with Crippen LogP contribution in [0.5, 0.6) is 5.75 Å². The highest BCUT2D eigenvalue weighted by molar-refractivity contribution is 8.03. The number of hydrogen-bond acceptors (Lipinski definition) is 8. The van der Waals surface area contributed by atoms with Gasteiger partial charge >= 0.3 is 0 Å². The molecule has 2 N–H and O–H groups in total. The fourth-order valence-electron chi connectivity index (χ4n) is 3.87. The molecule has 8 nitrogen and oxygen atoms in total. The number of ether oxygens (including phenoxy) is 1. The molecule has 1 aliphatic rings. The first-order valence-corrected chi connectivity index (χ1v) is 11.4. The van der Waals surface area contributed by atoms with Gasteiger partial charge in [-0.3, -0.25) is 9.69 Å². The molecule has 3 aromatic heterocycles. The number of carbonyl (C=O) groups is 1. The van der Waals surface area contributed by atoms with E-state index in [4.69, 9.17) is 14.9 Å². The predicted molar refractivity (Wildman–Crippen MR) is 125 cm³/mol. The van der Waals surface area contributed by atoms with Crippen LogP contribution in [0.1, 0.15) is 26.0 Å². The standard InChI is InChI=1S/C23H27N5O3S/c1-4-27(17-7-9-28(13-17)15(2)29)14-19-10-20-21(31-19)11-18(12-26-20)30-16(3)32-22-6-5-8-25-23(22)24/h5-6,8,10-12,17H,3-4,7,9,13-14H2,1-2H3,(H2,24,25). The van der Waals surface area contributed by atoms with Gasteiger partial charge in [-0.25, -0.2) is 9.97 Å². The second kappa shape index (κ2) is 9.62. The Hall–Kier alpha value is -3.04. The zero-order chi connectivity index (χ0) is 22.7. The second-order valence-corrected chi connectivity index (χ2v) is 8.80. The number of amides is 1. The van der Waals surface area contributed by atoms with Crippen molar-refractivity contribution >= 4 is 34.6 Å². The van der Waals surface area contributed by atoms with E-state index in [-0.39, 0.29) is 5.91 Å². The molecule has 9 heteroatoms. The van der Waals surface area contributed by atoms with Crippen molar-refractivity contribution in [1.82, 2.24) is 19.8 Å². The first-order valence-electron chi connectivity index (χ1n) is 10.6. The number of likely N-dealkylation sites (N-methyl/N-ethyl adjacent to an activating group) is 1. The summed E-state index contributed by atoms with van der Waals surface area (Å²) in [6.07, 6.45) is 4.27. The number of likely N-dealkylation sites (tertiary alicyclic amines) is 1. The highest BCUT2D eigenvalue weighted by Gasteiger charge is 2.28. The van der Waals surface area contributed by atoms with Crippen LogP contribution >= 0.6 is 11.8 Å². The molecule has 0 spiro atoms. The molecule has 3 aromatic rings. The molecule has 0 aromatic carbocycles. The number of nitrogen functional groups attached to an aromatic ring is 1. The summed E-state index contributed by atoms with van der Waals surface area (Å²) in [6, 6.07) is 7.78. The zero-order valence-corrected chi connectivity index (χ0v) is 19.1. The van der Waals surface area contributed by atoms with Crippen LogP contribution in [0.2, 0.25) is 0 Å². The van der Waals surface area contributed by atoms with Gasteiger partial charge in [-0.05, 0) is 43.4 Å². The number of fused-ring (bicyclic) bond motifs is 1. The molecule has 1 unspecified atom stereocenters. The molecule has 4 heterocycles. The van der Waals surface area contributed by atoms with Crippen molar-refractivity contribution in [3.8, 4) is 5.75 Å². The van der Waals surface area contributed by atoms with Crippen LogP contribution in [0, 0.1) is 0 Å². The molecule has 1 atom stereocenters. The van der Waals surface area contributed by atoms with Gasteiger partial charge in [0.2, 0.25) is 5.91 Å². The highest BCUT2D eigenvalue weighted by Crippen LogP contribution is 2.32. The number of aromatic nitrogens is 2. The van der Waals surface area contributed by atoms with E-state index in [1.165, 1.54) is 11.8 Å². The molecular weight excluding hydrogens is 426 g/mol. The molecular formula is C23H27N5O3S. The molecule has 0 saturated carbocycles.